The van der Waals surface area contributed by atoms with Crippen molar-refractivity contribution in [3.8, 4) is 17.1 Å². The second kappa shape index (κ2) is 4.59. The number of imidazole rings is 1. The molecular formula is C15H13ClN2O. The number of phenolic OH excluding ortho intramolecular Hbond substituents is 1. The minimum absolute atomic E-state index is 0.235. The molecule has 3 aromatic rings. The Hall–Kier alpha value is -2.00. The van der Waals surface area contributed by atoms with Crippen molar-refractivity contribution in [1.29, 1.82) is 0 Å². The van der Waals surface area contributed by atoms with Crippen molar-refractivity contribution in [2.75, 3.05) is 0 Å². The normalized spacial score (nSPS) is 11.1. The molecule has 0 saturated carbocycles. The van der Waals surface area contributed by atoms with Crippen LogP contribution in [0.15, 0.2) is 42.5 Å². The van der Waals surface area contributed by atoms with Gasteiger partial charge < -0.3 is 9.67 Å². The molecule has 0 aliphatic carbocycles. The van der Waals surface area contributed by atoms with Crippen LogP contribution >= 0.6 is 11.6 Å². The molecule has 1 N–H and O–H groups in total. The summed E-state index contributed by atoms with van der Waals surface area (Å²) in [4.78, 5) is 4.59. The number of para-hydroxylation sites is 1. The van der Waals surface area contributed by atoms with E-state index >= 15 is 0 Å². The molecule has 1 heterocycles. The van der Waals surface area contributed by atoms with Gasteiger partial charge in [0.05, 0.1) is 16.6 Å². The zero-order valence-corrected chi connectivity index (χ0v) is 11.2. The second-order valence-electron chi connectivity index (χ2n) is 4.33. The Morgan fingerprint density at radius 1 is 1.21 bits per heavy atom. The number of benzene rings is 2. The highest BCUT2D eigenvalue weighted by Gasteiger charge is 2.14. The summed E-state index contributed by atoms with van der Waals surface area (Å²) in [5, 5.41) is 10.6. The Bertz CT molecular complexity index is 749. The van der Waals surface area contributed by atoms with Crippen molar-refractivity contribution in [3.63, 3.8) is 0 Å². The number of rotatable bonds is 2. The van der Waals surface area contributed by atoms with E-state index in [1.54, 1.807) is 12.1 Å². The van der Waals surface area contributed by atoms with Crippen LogP contribution in [0.25, 0.3) is 22.4 Å². The molecule has 0 aliphatic heterocycles. The quantitative estimate of drug-likeness (QED) is 0.763. The van der Waals surface area contributed by atoms with Gasteiger partial charge in [0.15, 0.2) is 0 Å². The van der Waals surface area contributed by atoms with Crippen LogP contribution in [0, 0.1) is 0 Å². The van der Waals surface area contributed by atoms with Crippen LogP contribution in [0.4, 0.5) is 0 Å². The predicted octanol–water partition coefficient (Wildman–Crippen LogP) is 4.08. The average molecular weight is 273 g/mol. The van der Waals surface area contributed by atoms with E-state index in [9.17, 15) is 5.11 Å². The third kappa shape index (κ3) is 1.96. The van der Waals surface area contributed by atoms with Crippen LogP contribution in [0.1, 0.15) is 6.92 Å². The van der Waals surface area contributed by atoms with E-state index < -0.39 is 0 Å². The number of aromatic hydroxyl groups is 1. The molecule has 0 atom stereocenters. The summed E-state index contributed by atoms with van der Waals surface area (Å²) in [7, 11) is 0. The van der Waals surface area contributed by atoms with Crippen LogP contribution in [0.3, 0.4) is 0 Å². The van der Waals surface area contributed by atoms with Crippen molar-refractivity contribution in [3.05, 3.63) is 47.5 Å². The van der Waals surface area contributed by atoms with Gasteiger partial charge in [-0.2, -0.15) is 0 Å². The summed E-state index contributed by atoms with van der Waals surface area (Å²) >= 11 is 6.00. The molecule has 19 heavy (non-hydrogen) atoms. The maximum Gasteiger partial charge on any atom is 0.144 e. The molecule has 0 radical (unpaired) electrons. The first-order chi connectivity index (χ1) is 9.20. The lowest BCUT2D eigenvalue weighted by Crippen LogP contribution is -1.97. The number of hydrogen-bond acceptors (Lipinski definition) is 2. The molecular weight excluding hydrogens is 260 g/mol. The fraction of sp³-hybridized carbons (Fsp3) is 0.133. The Balaban J connectivity index is 2.32. The van der Waals surface area contributed by atoms with Crippen LogP contribution in [0.5, 0.6) is 5.75 Å². The van der Waals surface area contributed by atoms with Crippen LogP contribution < -0.4 is 0 Å². The molecule has 0 spiro atoms. The van der Waals surface area contributed by atoms with Crippen molar-refractivity contribution in [2.24, 2.45) is 0 Å². The molecule has 2 aromatic carbocycles. The summed E-state index contributed by atoms with van der Waals surface area (Å²) in [6, 6.07) is 12.9. The van der Waals surface area contributed by atoms with Gasteiger partial charge in [-0.25, -0.2) is 4.98 Å². The van der Waals surface area contributed by atoms with Gasteiger partial charge in [0.1, 0.15) is 11.6 Å². The van der Waals surface area contributed by atoms with Gasteiger partial charge in [0.25, 0.3) is 0 Å². The van der Waals surface area contributed by atoms with E-state index in [4.69, 9.17) is 11.6 Å². The molecule has 1 aromatic heterocycles. The molecule has 4 heteroatoms. The monoisotopic (exact) mass is 272 g/mol. The molecule has 0 saturated heterocycles. The van der Waals surface area contributed by atoms with E-state index in [2.05, 4.69) is 16.5 Å². The number of hydrogen-bond donors (Lipinski definition) is 1. The highest BCUT2D eigenvalue weighted by molar-refractivity contribution is 6.31. The molecule has 0 fully saturated rings. The second-order valence-corrected chi connectivity index (χ2v) is 4.77. The van der Waals surface area contributed by atoms with Crippen molar-refractivity contribution in [1.82, 2.24) is 9.55 Å². The average Bonchev–Trinajstić information content (AvgIpc) is 2.76. The van der Waals surface area contributed by atoms with Gasteiger partial charge >= 0.3 is 0 Å². The van der Waals surface area contributed by atoms with Crippen molar-refractivity contribution < 1.29 is 5.11 Å². The third-order valence-corrected chi connectivity index (χ3v) is 3.41. The number of nitrogens with zero attached hydrogens (tertiary/aromatic N) is 2. The first-order valence-electron chi connectivity index (χ1n) is 6.15. The first kappa shape index (κ1) is 12.1. The lowest BCUT2D eigenvalue weighted by molar-refractivity contribution is 0.476. The Morgan fingerprint density at radius 2 is 2.00 bits per heavy atom. The molecule has 0 unspecified atom stereocenters. The van der Waals surface area contributed by atoms with Crippen molar-refractivity contribution in [2.45, 2.75) is 13.5 Å². The summed E-state index contributed by atoms with van der Waals surface area (Å²) < 4.78 is 2.07. The highest BCUT2D eigenvalue weighted by atomic mass is 35.5. The van der Waals surface area contributed by atoms with E-state index in [0.717, 1.165) is 29.0 Å². The fourth-order valence-electron chi connectivity index (χ4n) is 2.29. The summed E-state index contributed by atoms with van der Waals surface area (Å²) in [6.07, 6.45) is 0. The predicted molar refractivity (Wildman–Crippen MR) is 77.5 cm³/mol. The zero-order valence-electron chi connectivity index (χ0n) is 10.5. The van der Waals surface area contributed by atoms with Gasteiger partial charge in [-0.15, -0.1) is 0 Å². The van der Waals surface area contributed by atoms with E-state index in [1.165, 1.54) is 0 Å². The number of aromatic nitrogens is 2. The number of phenols is 1. The highest BCUT2D eigenvalue weighted by Crippen LogP contribution is 2.31. The molecule has 0 aliphatic rings. The number of halogens is 1. The van der Waals surface area contributed by atoms with E-state index in [0.29, 0.717) is 5.02 Å². The minimum atomic E-state index is 0.235. The first-order valence-corrected chi connectivity index (χ1v) is 6.52. The maximum absolute atomic E-state index is 9.98. The van der Waals surface area contributed by atoms with E-state index in [1.807, 2.05) is 30.3 Å². The van der Waals surface area contributed by atoms with Crippen LogP contribution in [0.2, 0.25) is 5.02 Å². The SMILES string of the molecule is CCn1c(-c2ccccc2O)nc2cc(Cl)ccc21. The maximum atomic E-state index is 9.98. The van der Waals surface area contributed by atoms with Gasteiger partial charge in [-0.3, -0.25) is 0 Å². The summed E-state index contributed by atoms with van der Waals surface area (Å²) in [5.74, 6) is 0.997. The Labute approximate surface area is 116 Å². The fourth-order valence-corrected chi connectivity index (χ4v) is 2.46. The summed E-state index contributed by atoms with van der Waals surface area (Å²) in [5.41, 5.74) is 2.59. The number of aryl methyl sites for hydroxylation is 1. The Morgan fingerprint density at radius 3 is 2.74 bits per heavy atom. The number of fused-ring (bicyclic) bond motifs is 1. The molecule has 0 bridgehead atoms. The van der Waals surface area contributed by atoms with Gasteiger partial charge in [-0.1, -0.05) is 23.7 Å². The van der Waals surface area contributed by atoms with Crippen LogP contribution in [-0.4, -0.2) is 14.7 Å². The lowest BCUT2D eigenvalue weighted by Gasteiger charge is -2.07. The van der Waals surface area contributed by atoms with Crippen LogP contribution in [-0.2, 0) is 6.54 Å². The third-order valence-electron chi connectivity index (χ3n) is 3.17. The molecule has 96 valence electrons. The summed E-state index contributed by atoms with van der Waals surface area (Å²) in [6.45, 7) is 2.83. The van der Waals surface area contributed by atoms with Gasteiger partial charge in [0, 0.05) is 11.6 Å². The molecule has 3 rings (SSSR count). The van der Waals surface area contributed by atoms with Gasteiger partial charge in [-0.05, 0) is 37.3 Å². The smallest absolute Gasteiger partial charge is 0.144 e. The zero-order chi connectivity index (χ0) is 13.4. The van der Waals surface area contributed by atoms with Crippen molar-refractivity contribution >= 4 is 22.6 Å². The molecule has 3 nitrogen and oxygen atoms in total. The Kier molecular flexibility index (Phi) is 2.91. The standard InChI is InChI=1S/C15H13ClN2O/c1-2-18-13-8-7-10(16)9-12(13)17-15(18)11-5-3-4-6-14(11)19/h3-9,19H,2H2,1H3. The lowest BCUT2D eigenvalue weighted by atomic mass is 10.2. The van der Waals surface area contributed by atoms with Gasteiger partial charge in [0.2, 0.25) is 0 Å². The minimum Gasteiger partial charge on any atom is -0.507 e. The topological polar surface area (TPSA) is 38.0 Å². The van der Waals surface area contributed by atoms with E-state index in [-0.39, 0.29) is 5.75 Å². The molecule has 0 amide bonds. The largest absolute Gasteiger partial charge is 0.507 e.